The van der Waals surface area contributed by atoms with Crippen molar-refractivity contribution in [2.45, 2.75) is 38.6 Å². The van der Waals surface area contributed by atoms with Crippen molar-refractivity contribution < 1.29 is 19.1 Å². The largest absolute Gasteiger partial charge is 0.466 e. The van der Waals surface area contributed by atoms with Crippen LogP contribution < -0.4 is 5.32 Å². The average molecular weight is 402 g/mol. The number of benzene rings is 1. The van der Waals surface area contributed by atoms with Gasteiger partial charge in [0.15, 0.2) is 0 Å². The summed E-state index contributed by atoms with van der Waals surface area (Å²) in [5, 5.41) is 12.0. The van der Waals surface area contributed by atoms with Crippen molar-refractivity contribution in [2.75, 3.05) is 18.5 Å². The Bertz CT molecular complexity index is 839. The van der Waals surface area contributed by atoms with Gasteiger partial charge >= 0.3 is 5.97 Å². The maximum absolute atomic E-state index is 12.7. The first-order valence-corrected chi connectivity index (χ1v) is 10.0. The van der Waals surface area contributed by atoms with Crippen molar-refractivity contribution >= 4 is 34.3 Å². The predicted octanol–water partition coefficient (Wildman–Crippen LogP) is 2.48. The van der Waals surface area contributed by atoms with Gasteiger partial charge in [0.05, 0.1) is 13.0 Å². The number of likely N-dealkylation sites (tertiary alicyclic amines) is 1. The molecule has 1 fully saturated rings. The molecule has 1 atom stereocenters. The Kier molecular flexibility index (Phi) is 6.70. The molecule has 1 saturated heterocycles. The third kappa shape index (κ3) is 4.92. The molecule has 1 unspecified atom stereocenters. The van der Waals surface area contributed by atoms with Gasteiger partial charge in [0.2, 0.25) is 16.9 Å². The molecule has 1 aliphatic rings. The van der Waals surface area contributed by atoms with Crippen molar-refractivity contribution in [2.24, 2.45) is 0 Å². The first kappa shape index (κ1) is 19.9. The number of carbonyl (C=O) groups is 3. The van der Waals surface area contributed by atoms with E-state index in [0.717, 1.165) is 12.0 Å². The van der Waals surface area contributed by atoms with Crippen molar-refractivity contribution in [3.05, 3.63) is 30.3 Å². The topological polar surface area (TPSA) is 101 Å². The standard InChI is InChI=1S/C19H22N4O4S/c1-2-27-16(25)11-10-15(24)23-12-6-9-14(23)17(26)20-19-22-21-18(28-19)13-7-4-3-5-8-13/h3-5,7-8,14H,2,6,9-12H2,1H3,(H,20,22,26). The summed E-state index contributed by atoms with van der Waals surface area (Å²) in [6.45, 7) is 2.51. The Balaban J connectivity index is 1.58. The molecule has 9 heteroatoms. The number of esters is 1. The van der Waals surface area contributed by atoms with E-state index in [1.54, 1.807) is 6.92 Å². The molecule has 1 aromatic heterocycles. The number of carbonyl (C=O) groups excluding carboxylic acids is 3. The number of amides is 2. The second-order valence-corrected chi connectivity index (χ2v) is 7.30. The minimum absolute atomic E-state index is 0.0222. The highest BCUT2D eigenvalue weighted by Gasteiger charge is 2.34. The summed E-state index contributed by atoms with van der Waals surface area (Å²) in [5.41, 5.74) is 0.928. The van der Waals surface area contributed by atoms with Gasteiger partial charge in [-0.15, -0.1) is 10.2 Å². The minimum Gasteiger partial charge on any atom is -0.466 e. The fourth-order valence-electron chi connectivity index (χ4n) is 3.08. The monoisotopic (exact) mass is 402 g/mol. The normalized spacial score (nSPS) is 16.0. The van der Waals surface area contributed by atoms with E-state index < -0.39 is 12.0 Å². The van der Waals surface area contributed by atoms with Gasteiger partial charge in [-0.05, 0) is 19.8 Å². The van der Waals surface area contributed by atoms with Gasteiger partial charge in [-0.25, -0.2) is 0 Å². The van der Waals surface area contributed by atoms with Crippen molar-refractivity contribution in [1.29, 1.82) is 0 Å². The highest BCUT2D eigenvalue weighted by Crippen LogP contribution is 2.27. The van der Waals surface area contributed by atoms with E-state index in [-0.39, 0.29) is 31.3 Å². The van der Waals surface area contributed by atoms with Crippen LogP contribution in [0.5, 0.6) is 0 Å². The predicted molar refractivity (Wildman–Crippen MR) is 105 cm³/mol. The molecule has 148 valence electrons. The third-order valence-electron chi connectivity index (χ3n) is 4.40. The molecule has 0 aliphatic carbocycles. The van der Waals surface area contributed by atoms with Crippen molar-refractivity contribution in [3.8, 4) is 10.6 Å². The number of hydrogen-bond acceptors (Lipinski definition) is 7. The molecule has 1 aromatic carbocycles. The fourth-order valence-corrected chi connectivity index (χ4v) is 3.84. The maximum Gasteiger partial charge on any atom is 0.306 e. The first-order chi connectivity index (χ1) is 13.6. The lowest BCUT2D eigenvalue weighted by Crippen LogP contribution is -2.43. The Morgan fingerprint density at radius 1 is 1.21 bits per heavy atom. The van der Waals surface area contributed by atoms with E-state index in [4.69, 9.17) is 4.74 Å². The molecule has 3 rings (SSSR count). The molecule has 0 bridgehead atoms. The summed E-state index contributed by atoms with van der Waals surface area (Å²) in [6, 6.07) is 9.03. The summed E-state index contributed by atoms with van der Waals surface area (Å²) < 4.78 is 4.84. The second kappa shape index (κ2) is 9.41. The Labute approximate surface area is 166 Å². The molecule has 1 N–H and O–H groups in total. The van der Waals surface area contributed by atoms with Crippen LogP contribution in [0.15, 0.2) is 30.3 Å². The molecule has 2 aromatic rings. The van der Waals surface area contributed by atoms with Gasteiger partial charge in [-0.1, -0.05) is 41.7 Å². The highest BCUT2D eigenvalue weighted by atomic mass is 32.1. The van der Waals surface area contributed by atoms with Crippen molar-refractivity contribution in [3.63, 3.8) is 0 Å². The van der Waals surface area contributed by atoms with Crippen LogP contribution in [0.25, 0.3) is 10.6 Å². The quantitative estimate of drug-likeness (QED) is 0.714. The molecule has 2 amide bonds. The molecular weight excluding hydrogens is 380 g/mol. The zero-order valence-corrected chi connectivity index (χ0v) is 16.4. The lowest BCUT2D eigenvalue weighted by molar-refractivity contribution is -0.146. The summed E-state index contributed by atoms with van der Waals surface area (Å²) >= 11 is 1.28. The maximum atomic E-state index is 12.7. The molecule has 1 aliphatic heterocycles. The summed E-state index contributed by atoms with van der Waals surface area (Å²) in [4.78, 5) is 38.1. The average Bonchev–Trinajstić information content (AvgIpc) is 3.37. The smallest absolute Gasteiger partial charge is 0.306 e. The van der Waals surface area contributed by atoms with Gasteiger partial charge in [0.1, 0.15) is 11.0 Å². The van der Waals surface area contributed by atoms with E-state index in [1.165, 1.54) is 16.2 Å². The Morgan fingerprint density at radius 2 is 2.00 bits per heavy atom. The zero-order valence-electron chi connectivity index (χ0n) is 15.6. The van der Waals surface area contributed by atoms with Crippen LogP contribution in [0.2, 0.25) is 0 Å². The molecule has 28 heavy (non-hydrogen) atoms. The minimum atomic E-state index is -0.557. The molecule has 2 heterocycles. The van der Waals surface area contributed by atoms with Crippen molar-refractivity contribution in [1.82, 2.24) is 15.1 Å². The number of rotatable bonds is 7. The second-order valence-electron chi connectivity index (χ2n) is 6.32. The Hall–Kier alpha value is -2.81. The van der Waals surface area contributed by atoms with Crippen LogP contribution in [-0.4, -0.2) is 52.1 Å². The van der Waals surface area contributed by atoms with E-state index in [2.05, 4.69) is 15.5 Å². The van der Waals surface area contributed by atoms with Crippen LogP contribution in [0, 0.1) is 0 Å². The molecule has 8 nitrogen and oxygen atoms in total. The number of anilines is 1. The first-order valence-electron chi connectivity index (χ1n) is 9.23. The molecule has 0 saturated carbocycles. The van der Waals surface area contributed by atoms with E-state index >= 15 is 0 Å². The highest BCUT2D eigenvalue weighted by molar-refractivity contribution is 7.18. The lowest BCUT2D eigenvalue weighted by Gasteiger charge is -2.23. The van der Waals surface area contributed by atoms with Gasteiger partial charge in [0.25, 0.3) is 0 Å². The number of aromatic nitrogens is 2. The number of nitrogens with zero attached hydrogens (tertiary/aromatic N) is 3. The van der Waals surface area contributed by atoms with Crippen LogP contribution in [-0.2, 0) is 19.1 Å². The molecular formula is C19H22N4O4S. The van der Waals surface area contributed by atoms with Crippen LogP contribution in [0.4, 0.5) is 5.13 Å². The summed E-state index contributed by atoms with van der Waals surface area (Å²) in [6.07, 6.45) is 1.39. The fraction of sp³-hybridized carbons (Fsp3) is 0.421. The Morgan fingerprint density at radius 3 is 2.75 bits per heavy atom. The van der Waals surface area contributed by atoms with Crippen LogP contribution >= 0.6 is 11.3 Å². The van der Waals surface area contributed by atoms with Gasteiger partial charge < -0.3 is 9.64 Å². The SMILES string of the molecule is CCOC(=O)CCC(=O)N1CCCC1C(=O)Nc1nnc(-c2ccccc2)s1. The third-order valence-corrected chi connectivity index (χ3v) is 5.29. The number of hydrogen-bond donors (Lipinski definition) is 1. The molecule has 0 spiro atoms. The van der Waals surface area contributed by atoms with Crippen LogP contribution in [0.1, 0.15) is 32.6 Å². The van der Waals surface area contributed by atoms with Gasteiger partial charge in [-0.3, -0.25) is 19.7 Å². The summed E-state index contributed by atoms with van der Waals surface area (Å²) in [7, 11) is 0. The van der Waals surface area contributed by atoms with E-state index in [9.17, 15) is 14.4 Å². The van der Waals surface area contributed by atoms with Gasteiger partial charge in [-0.2, -0.15) is 0 Å². The zero-order chi connectivity index (χ0) is 19.9. The number of ether oxygens (including phenoxy) is 1. The number of nitrogens with one attached hydrogen (secondary N) is 1. The van der Waals surface area contributed by atoms with Gasteiger partial charge in [0, 0.05) is 18.5 Å². The molecule has 0 radical (unpaired) electrons. The summed E-state index contributed by atoms with van der Waals surface area (Å²) in [5.74, 6) is -0.899. The van der Waals surface area contributed by atoms with Crippen LogP contribution in [0.3, 0.4) is 0 Å². The van der Waals surface area contributed by atoms with E-state index in [0.29, 0.717) is 23.1 Å². The lowest BCUT2D eigenvalue weighted by atomic mass is 10.2. The van der Waals surface area contributed by atoms with E-state index in [1.807, 2.05) is 30.3 Å².